The van der Waals surface area contributed by atoms with Crippen molar-refractivity contribution in [1.29, 1.82) is 0 Å². The number of aliphatic hydroxyl groups excluding tert-OH is 1. The fraction of sp³-hybridized carbons (Fsp3) is 0.160. The molecule has 1 aliphatic heterocycles. The smallest absolute Gasteiger partial charge is 0.300 e. The van der Waals surface area contributed by atoms with Crippen molar-refractivity contribution in [2.75, 3.05) is 26.2 Å². The number of anilines is 1. The zero-order chi connectivity index (χ0) is 25.3. The molecule has 1 aliphatic rings. The fourth-order valence-electron chi connectivity index (χ4n) is 4.05. The average Bonchev–Trinajstić information content (AvgIpc) is 3.14. The maximum Gasteiger partial charge on any atom is 0.300 e. The van der Waals surface area contributed by atoms with Gasteiger partial charge >= 0.3 is 0 Å². The number of hydrogen-bond acceptors (Lipinski definition) is 7. The van der Waals surface area contributed by atoms with Crippen LogP contribution in [0, 0.1) is 0 Å². The summed E-state index contributed by atoms with van der Waals surface area (Å²) in [6.07, 6.45) is 3.07. The van der Waals surface area contributed by atoms with Crippen LogP contribution in [0.4, 0.5) is 5.69 Å². The number of Topliss-reactive ketones (excluding diaryl/α,β-unsaturated/α-hetero) is 1. The summed E-state index contributed by atoms with van der Waals surface area (Å²) in [5.41, 5.74) is 0.673. The van der Waals surface area contributed by atoms with Crippen molar-refractivity contribution >= 4 is 46.3 Å². The number of hydrogen-bond donors (Lipinski definition) is 1. The van der Waals surface area contributed by atoms with Crippen molar-refractivity contribution in [2.45, 2.75) is 6.04 Å². The number of methoxy groups -OCH3 is 3. The lowest BCUT2D eigenvalue weighted by Gasteiger charge is -2.26. The van der Waals surface area contributed by atoms with Crippen LogP contribution in [0.5, 0.6) is 17.2 Å². The first kappa shape index (κ1) is 24.4. The van der Waals surface area contributed by atoms with Crippen LogP contribution in [0.1, 0.15) is 17.2 Å². The van der Waals surface area contributed by atoms with Crippen LogP contribution in [0.3, 0.4) is 0 Å². The predicted octanol–water partition coefficient (Wildman–Crippen LogP) is 5.04. The van der Waals surface area contributed by atoms with Gasteiger partial charge in [-0.05, 0) is 29.8 Å². The average molecular weight is 515 g/mol. The number of carbonyl (C=O) groups excluding carboxylic acids is 2. The molecule has 8 nitrogen and oxygen atoms in total. The molecule has 1 fully saturated rings. The number of ketones is 1. The highest BCUT2D eigenvalue weighted by Gasteiger charge is 2.48. The largest absolute Gasteiger partial charge is 0.507 e. The SMILES string of the molecule is COc1ccccc1N1C(=O)C(=O)/C(=C(/O)c2cc(Cl)c(OC)c(Cl)c2OC)C1c1cccnc1. The van der Waals surface area contributed by atoms with Gasteiger partial charge in [0.15, 0.2) is 11.5 Å². The molecule has 1 N–H and O–H groups in total. The van der Waals surface area contributed by atoms with E-state index in [1.54, 1.807) is 42.6 Å². The van der Waals surface area contributed by atoms with Crippen molar-refractivity contribution in [1.82, 2.24) is 4.98 Å². The van der Waals surface area contributed by atoms with Gasteiger partial charge in [0.25, 0.3) is 11.7 Å². The topological polar surface area (TPSA) is 98.2 Å². The van der Waals surface area contributed by atoms with Gasteiger partial charge in [-0.2, -0.15) is 0 Å². The van der Waals surface area contributed by atoms with E-state index in [1.165, 1.54) is 38.5 Å². The summed E-state index contributed by atoms with van der Waals surface area (Å²) in [7, 11) is 4.19. The van der Waals surface area contributed by atoms with Gasteiger partial charge in [-0.3, -0.25) is 19.5 Å². The summed E-state index contributed by atoms with van der Waals surface area (Å²) in [5, 5.41) is 11.5. The third-order valence-corrected chi connectivity index (χ3v) is 6.21. The molecule has 1 saturated heterocycles. The Morgan fingerprint density at radius 1 is 1.00 bits per heavy atom. The highest BCUT2D eigenvalue weighted by Crippen LogP contribution is 2.48. The number of amides is 1. The summed E-state index contributed by atoms with van der Waals surface area (Å²) in [5.74, 6) is -1.74. The van der Waals surface area contributed by atoms with Gasteiger partial charge in [0, 0.05) is 12.4 Å². The molecule has 3 aromatic rings. The van der Waals surface area contributed by atoms with Crippen LogP contribution in [0.15, 0.2) is 60.4 Å². The molecule has 4 rings (SSSR count). The number of nitrogens with zero attached hydrogens (tertiary/aromatic N) is 2. The van der Waals surface area contributed by atoms with E-state index in [-0.39, 0.29) is 32.7 Å². The molecule has 180 valence electrons. The van der Waals surface area contributed by atoms with Crippen molar-refractivity contribution in [3.63, 3.8) is 0 Å². The molecule has 0 spiro atoms. The summed E-state index contributed by atoms with van der Waals surface area (Å²) >= 11 is 12.7. The maximum absolute atomic E-state index is 13.4. The standard InChI is InChI=1S/C25H20Cl2N2O6/c1-33-17-9-5-4-8-16(17)29-20(13-7-6-10-28-12-13)18(22(31)25(29)32)21(30)14-11-15(26)24(35-3)19(27)23(14)34-2/h4-12,20,30H,1-3H3/b21-18+. The van der Waals surface area contributed by atoms with Crippen LogP contribution < -0.4 is 19.1 Å². The Labute approximate surface area is 211 Å². The summed E-state index contributed by atoms with van der Waals surface area (Å²) in [4.78, 5) is 32.1. The molecule has 0 saturated carbocycles. The number of para-hydroxylation sites is 2. The Balaban J connectivity index is 2.03. The zero-order valence-corrected chi connectivity index (χ0v) is 20.4. The second-order valence-electron chi connectivity index (χ2n) is 7.41. The van der Waals surface area contributed by atoms with Gasteiger partial charge in [0.1, 0.15) is 16.5 Å². The number of carbonyl (C=O) groups is 2. The Morgan fingerprint density at radius 2 is 1.71 bits per heavy atom. The Hall–Kier alpha value is -3.75. The molecule has 35 heavy (non-hydrogen) atoms. The van der Waals surface area contributed by atoms with E-state index in [9.17, 15) is 14.7 Å². The summed E-state index contributed by atoms with van der Waals surface area (Å²) in [6.45, 7) is 0. The first-order valence-electron chi connectivity index (χ1n) is 10.3. The van der Waals surface area contributed by atoms with E-state index in [0.717, 1.165) is 0 Å². The lowest BCUT2D eigenvalue weighted by Crippen LogP contribution is -2.29. The van der Waals surface area contributed by atoms with Crippen LogP contribution >= 0.6 is 23.2 Å². The van der Waals surface area contributed by atoms with E-state index < -0.39 is 23.5 Å². The normalized spacial score (nSPS) is 16.9. The molecule has 10 heteroatoms. The Morgan fingerprint density at radius 3 is 2.34 bits per heavy atom. The fourth-order valence-corrected chi connectivity index (χ4v) is 4.74. The number of aliphatic hydroxyl groups is 1. The number of benzene rings is 2. The van der Waals surface area contributed by atoms with Gasteiger partial charge in [-0.15, -0.1) is 0 Å². The van der Waals surface area contributed by atoms with E-state index in [2.05, 4.69) is 4.98 Å². The number of rotatable bonds is 6. The van der Waals surface area contributed by atoms with E-state index in [4.69, 9.17) is 37.4 Å². The van der Waals surface area contributed by atoms with Crippen LogP contribution in [-0.4, -0.2) is 43.1 Å². The molecule has 0 aliphatic carbocycles. The molecule has 1 unspecified atom stereocenters. The van der Waals surface area contributed by atoms with Crippen molar-refractivity contribution in [3.8, 4) is 17.2 Å². The summed E-state index contributed by atoms with van der Waals surface area (Å²) in [6, 6.07) is 10.5. The number of halogens is 2. The second-order valence-corrected chi connectivity index (χ2v) is 8.20. The van der Waals surface area contributed by atoms with Crippen molar-refractivity contribution in [3.05, 3.63) is 81.6 Å². The summed E-state index contributed by atoms with van der Waals surface area (Å²) < 4.78 is 16.0. The van der Waals surface area contributed by atoms with Crippen molar-refractivity contribution in [2.24, 2.45) is 0 Å². The van der Waals surface area contributed by atoms with Crippen LogP contribution in [0.25, 0.3) is 5.76 Å². The first-order chi connectivity index (χ1) is 16.8. The minimum absolute atomic E-state index is 0.000866. The molecular weight excluding hydrogens is 495 g/mol. The predicted molar refractivity (Wildman–Crippen MR) is 132 cm³/mol. The van der Waals surface area contributed by atoms with Gasteiger partial charge in [-0.25, -0.2) is 0 Å². The molecule has 0 radical (unpaired) electrons. The zero-order valence-electron chi connectivity index (χ0n) is 18.9. The van der Waals surface area contributed by atoms with Gasteiger partial charge < -0.3 is 19.3 Å². The molecule has 1 atom stereocenters. The van der Waals surface area contributed by atoms with E-state index in [0.29, 0.717) is 17.0 Å². The van der Waals surface area contributed by atoms with Gasteiger partial charge in [0.05, 0.1) is 49.2 Å². The third-order valence-electron chi connectivity index (χ3n) is 5.58. The van der Waals surface area contributed by atoms with Crippen LogP contribution in [0.2, 0.25) is 10.0 Å². The molecule has 1 aromatic heterocycles. The number of pyridine rings is 1. The molecule has 2 heterocycles. The Bertz CT molecular complexity index is 1340. The molecule has 0 bridgehead atoms. The third kappa shape index (κ3) is 4.05. The highest BCUT2D eigenvalue weighted by atomic mass is 35.5. The second kappa shape index (κ2) is 9.85. The monoisotopic (exact) mass is 514 g/mol. The minimum atomic E-state index is -1.02. The molecular formula is C25H20Cl2N2O6. The van der Waals surface area contributed by atoms with E-state index in [1.807, 2.05) is 0 Å². The van der Waals surface area contributed by atoms with Crippen molar-refractivity contribution < 1.29 is 28.9 Å². The minimum Gasteiger partial charge on any atom is -0.507 e. The van der Waals surface area contributed by atoms with Gasteiger partial charge in [0.2, 0.25) is 0 Å². The van der Waals surface area contributed by atoms with Crippen LogP contribution in [-0.2, 0) is 9.59 Å². The molecule has 1 amide bonds. The first-order valence-corrected chi connectivity index (χ1v) is 11.1. The quantitative estimate of drug-likeness (QED) is 0.279. The lowest BCUT2D eigenvalue weighted by atomic mass is 9.95. The Kier molecular flexibility index (Phi) is 6.86. The maximum atomic E-state index is 13.4. The highest BCUT2D eigenvalue weighted by molar-refractivity contribution is 6.52. The lowest BCUT2D eigenvalue weighted by molar-refractivity contribution is -0.132. The van der Waals surface area contributed by atoms with Gasteiger partial charge in [-0.1, -0.05) is 41.4 Å². The van der Waals surface area contributed by atoms with E-state index >= 15 is 0 Å². The number of aromatic nitrogens is 1. The molecule has 2 aromatic carbocycles. The number of ether oxygens (including phenoxy) is 3.